The first-order valence-corrected chi connectivity index (χ1v) is 7.12. The van der Waals surface area contributed by atoms with Crippen molar-refractivity contribution in [3.8, 4) is 0 Å². The second-order valence-electron chi connectivity index (χ2n) is 5.95. The van der Waals surface area contributed by atoms with Gasteiger partial charge >= 0.3 is 0 Å². The van der Waals surface area contributed by atoms with Crippen LogP contribution in [0.15, 0.2) is 30.3 Å². The zero-order valence-electron chi connectivity index (χ0n) is 13.0. The van der Waals surface area contributed by atoms with Gasteiger partial charge in [-0.25, -0.2) is 0 Å². The molecule has 0 radical (unpaired) electrons. The molecule has 5 nitrogen and oxygen atoms in total. The Morgan fingerprint density at radius 1 is 1.29 bits per heavy atom. The van der Waals surface area contributed by atoms with Crippen molar-refractivity contribution in [2.75, 3.05) is 6.61 Å². The lowest BCUT2D eigenvalue weighted by atomic mass is 10.2. The molecular formula is C16H26O5. The van der Waals surface area contributed by atoms with Crippen LogP contribution in [0.25, 0.3) is 0 Å². The molecule has 21 heavy (non-hydrogen) atoms. The van der Waals surface area contributed by atoms with Gasteiger partial charge in [-0.3, -0.25) is 0 Å². The molecule has 1 aromatic rings. The summed E-state index contributed by atoms with van der Waals surface area (Å²) in [6, 6.07) is 10.0. The third-order valence-electron chi connectivity index (χ3n) is 2.77. The van der Waals surface area contributed by atoms with Crippen molar-refractivity contribution in [3.63, 3.8) is 0 Å². The maximum Gasteiger partial charge on any atom is 0.163 e. The lowest BCUT2D eigenvalue weighted by Crippen LogP contribution is -2.25. The van der Waals surface area contributed by atoms with Gasteiger partial charge in [0.05, 0.1) is 19.3 Å². The molecule has 2 atom stereocenters. The van der Waals surface area contributed by atoms with E-state index in [0.29, 0.717) is 19.6 Å². The largest absolute Gasteiger partial charge is 0.374 e. The SMILES string of the molecule is CC(C)(O)O.CC1(O)CCC(COCc2ccccc2)O1. The van der Waals surface area contributed by atoms with Crippen LogP contribution in [-0.4, -0.2) is 39.6 Å². The molecular weight excluding hydrogens is 272 g/mol. The molecule has 1 fully saturated rings. The summed E-state index contributed by atoms with van der Waals surface area (Å²) < 4.78 is 11.0. The average Bonchev–Trinajstić information content (AvgIpc) is 2.68. The van der Waals surface area contributed by atoms with Gasteiger partial charge in [0.25, 0.3) is 0 Å². The van der Waals surface area contributed by atoms with Crippen LogP contribution in [-0.2, 0) is 16.1 Å². The van der Waals surface area contributed by atoms with E-state index in [4.69, 9.17) is 19.7 Å². The summed E-state index contributed by atoms with van der Waals surface area (Å²) in [5, 5.41) is 25.8. The number of ether oxygens (including phenoxy) is 2. The Hall–Kier alpha value is -0.980. The fourth-order valence-corrected chi connectivity index (χ4v) is 1.91. The highest BCUT2D eigenvalue weighted by molar-refractivity contribution is 5.13. The minimum atomic E-state index is -1.50. The van der Waals surface area contributed by atoms with Gasteiger partial charge in [-0.05, 0) is 32.8 Å². The smallest absolute Gasteiger partial charge is 0.163 e. The molecule has 0 spiro atoms. The molecule has 0 amide bonds. The summed E-state index contributed by atoms with van der Waals surface area (Å²) in [5.41, 5.74) is 1.16. The number of rotatable bonds is 4. The van der Waals surface area contributed by atoms with Crippen molar-refractivity contribution in [1.82, 2.24) is 0 Å². The molecule has 1 heterocycles. The summed E-state index contributed by atoms with van der Waals surface area (Å²) in [6.45, 7) is 5.44. The van der Waals surface area contributed by atoms with Crippen molar-refractivity contribution in [2.45, 2.75) is 57.9 Å². The van der Waals surface area contributed by atoms with Crippen LogP contribution in [0, 0.1) is 0 Å². The molecule has 0 bridgehead atoms. The van der Waals surface area contributed by atoms with Crippen LogP contribution in [0.2, 0.25) is 0 Å². The van der Waals surface area contributed by atoms with Crippen molar-refractivity contribution in [3.05, 3.63) is 35.9 Å². The molecule has 3 N–H and O–H groups in total. The number of benzene rings is 1. The topological polar surface area (TPSA) is 79.2 Å². The summed E-state index contributed by atoms with van der Waals surface area (Å²) in [5.74, 6) is -2.46. The molecule has 0 aromatic heterocycles. The van der Waals surface area contributed by atoms with E-state index < -0.39 is 11.6 Å². The number of hydrogen-bond acceptors (Lipinski definition) is 5. The Balaban J connectivity index is 0.000000383. The molecule has 0 saturated carbocycles. The van der Waals surface area contributed by atoms with Crippen molar-refractivity contribution in [2.24, 2.45) is 0 Å². The lowest BCUT2D eigenvalue weighted by Gasteiger charge is -2.17. The highest BCUT2D eigenvalue weighted by Crippen LogP contribution is 2.27. The minimum Gasteiger partial charge on any atom is -0.374 e. The second-order valence-corrected chi connectivity index (χ2v) is 5.95. The minimum absolute atomic E-state index is 0.0266. The van der Waals surface area contributed by atoms with E-state index >= 15 is 0 Å². The van der Waals surface area contributed by atoms with Crippen LogP contribution in [0.5, 0.6) is 0 Å². The van der Waals surface area contributed by atoms with E-state index in [1.54, 1.807) is 6.92 Å². The molecule has 1 aromatic carbocycles. The number of hydrogen-bond donors (Lipinski definition) is 3. The Morgan fingerprint density at radius 3 is 2.33 bits per heavy atom. The van der Waals surface area contributed by atoms with Gasteiger partial charge < -0.3 is 24.8 Å². The van der Waals surface area contributed by atoms with E-state index in [9.17, 15) is 5.11 Å². The zero-order valence-corrected chi connectivity index (χ0v) is 13.0. The Bertz CT molecular complexity index is 391. The van der Waals surface area contributed by atoms with Gasteiger partial charge in [0, 0.05) is 6.42 Å². The highest BCUT2D eigenvalue weighted by Gasteiger charge is 2.33. The van der Waals surface area contributed by atoms with Crippen LogP contribution in [0.1, 0.15) is 39.2 Å². The summed E-state index contributed by atoms with van der Waals surface area (Å²) in [4.78, 5) is 0. The first-order chi connectivity index (χ1) is 9.66. The molecule has 1 saturated heterocycles. The van der Waals surface area contributed by atoms with Gasteiger partial charge in [0.1, 0.15) is 0 Å². The van der Waals surface area contributed by atoms with Gasteiger partial charge in [-0.15, -0.1) is 0 Å². The molecule has 1 aliphatic rings. The lowest BCUT2D eigenvalue weighted by molar-refractivity contribution is -0.187. The predicted molar refractivity (Wildman–Crippen MR) is 79.3 cm³/mol. The second kappa shape index (κ2) is 7.87. The Kier molecular flexibility index (Phi) is 6.77. The van der Waals surface area contributed by atoms with Gasteiger partial charge in [0.15, 0.2) is 11.6 Å². The quantitative estimate of drug-likeness (QED) is 0.739. The first-order valence-electron chi connectivity index (χ1n) is 7.12. The average molecular weight is 298 g/mol. The maximum atomic E-state index is 9.60. The monoisotopic (exact) mass is 298 g/mol. The normalized spacial score (nSPS) is 25.3. The van der Waals surface area contributed by atoms with E-state index in [2.05, 4.69) is 0 Å². The van der Waals surface area contributed by atoms with Crippen molar-refractivity contribution >= 4 is 0 Å². The van der Waals surface area contributed by atoms with E-state index in [-0.39, 0.29) is 6.10 Å². The third-order valence-corrected chi connectivity index (χ3v) is 2.77. The van der Waals surface area contributed by atoms with E-state index in [0.717, 1.165) is 12.0 Å². The first kappa shape index (κ1) is 18.1. The highest BCUT2D eigenvalue weighted by atomic mass is 16.6. The van der Waals surface area contributed by atoms with Crippen LogP contribution >= 0.6 is 0 Å². The van der Waals surface area contributed by atoms with E-state index in [1.165, 1.54) is 13.8 Å². The van der Waals surface area contributed by atoms with Crippen LogP contribution in [0.3, 0.4) is 0 Å². The standard InChI is InChI=1S/C13H18O3.C3H8O2/c1-13(14)8-7-12(16-13)10-15-9-11-5-3-2-4-6-11;1-3(2,4)5/h2-6,12,14H,7-10H2,1H3;4-5H,1-2H3. The third kappa shape index (κ3) is 9.55. The van der Waals surface area contributed by atoms with Gasteiger partial charge in [0.2, 0.25) is 0 Å². The van der Waals surface area contributed by atoms with Gasteiger partial charge in [-0.2, -0.15) is 0 Å². The maximum absolute atomic E-state index is 9.60. The Labute approximate surface area is 126 Å². The molecule has 0 aliphatic carbocycles. The predicted octanol–water partition coefficient (Wildman–Crippen LogP) is 1.80. The van der Waals surface area contributed by atoms with Crippen LogP contribution < -0.4 is 0 Å². The molecule has 2 unspecified atom stereocenters. The Morgan fingerprint density at radius 2 is 1.86 bits per heavy atom. The summed E-state index contributed by atoms with van der Waals surface area (Å²) >= 11 is 0. The van der Waals surface area contributed by atoms with Crippen LogP contribution in [0.4, 0.5) is 0 Å². The fraction of sp³-hybridized carbons (Fsp3) is 0.625. The molecule has 120 valence electrons. The van der Waals surface area contributed by atoms with Crippen molar-refractivity contribution in [1.29, 1.82) is 0 Å². The summed E-state index contributed by atoms with van der Waals surface area (Å²) in [7, 11) is 0. The summed E-state index contributed by atoms with van der Waals surface area (Å²) in [6.07, 6.45) is 1.58. The molecule has 2 rings (SSSR count). The fourth-order valence-electron chi connectivity index (χ4n) is 1.91. The molecule has 1 aliphatic heterocycles. The number of aliphatic hydroxyl groups is 3. The van der Waals surface area contributed by atoms with Crippen molar-refractivity contribution < 1.29 is 24.8 Å². The van der Waals surface area contributed by atoms with E-state index in [1.807, 2.05) is 30.3 Å². The molecule has 5 heteroatoms. The van der Waals surface area contributed by atoms with Gasteiger partial charge in [-0.1, -0.05) is 30.3 Å². The zero-order chi connectivity index (χ0) is 15.9.